The fraction of sp³-hybridized carbons (Fsp3) is 0.846. The number of nitrogens with zero attached hydrogens (tertiary/aromatic N) is 1. The summed E-state index contributed by atoms with van der Waals surface area (Å²) in [6.45, 7) is 3.52. The molecule has 0 saturated carbocycles. The van der Waals surface area contributed by atoms with Crippen LogP contribution in [0.15, 0.2) is 0 Å². The van der Waals surface area contributed by atoms with E-state index in [1.165, 1.54) is 0 Å². The monoisotopic (exact) mass is 285 g/mol. The maximum atomic E-state index is 12.4. The summed E-state index contributed by atoms with van der Waals surface area (Å²) in [4.78, 5) is 25.5. The third-order valence-electron chi connectivity index (χ3n) is 4.02. The van der Waals surface area contributed by atoms with E-state index in [0.29, 0.717) is 13.0 Å². The van der Waals surface area contributed by atoms with Gasteiger partial charge in [-0.05, 0) is 19.8 Å². The van der Waals surface area contributed by atoms with Gasteiger partial charge in [0.15, 0.2) is 0 Å². The first-order valence-corrected chi connectivity index (χ1v) is 8.13. The van der Waals surface area contributed by atoms with Gasteiger partial charge in [-0.1, -0.05) is 0 Å². The molecule has 0 radical (unpaired) electrons. The van der Waals surface area contributed by atoms with Gasteiger partial charge < -0.3 is 16.0 Å². The molecular formula is C13H23N3O2S. The van der Waals surface area contributed by atoms with Crippen molar-refractivity contribution in [1.29, 1.82) is 0 Å². The Morgan fingerprint density at radius 2 is 2.21 bits per heavy atom. The highest BCUT2D eigenvalue weighted by atomic mass is 32.2. The average Bonchev–Trinajstić information content (AvgIpc) is 2.40. The number of carbonyl (C=O) groups excluding carboxylic acids is 2. The second-order valence-corrected chi connectivity index (χ2v) is 6.65. The highest BCUT2D eigenvalue weighted by molar-refractivity contribution is 7.99. The second kappa shape index (κ2) is 6.61. The Balaban J connectivity index is 1.90. The molecule has 2 fully saturated rings. The van der Waals surface area contributed by atoms with Crippen molar-refractivity contribution in [1.82, 2.24) is 10.2 Å². The summed E-state index contributed by atoms with van der Waals surface area (Å²) < 4.78 is 0. The molecule has 2 aliphatic heterocycles. The molecule has 0 aromatic rings. The Morgan fingerprint density at radius 3 is 2.84 bits per heavy atom. The van der Waals surface area contributed by atoms with Gasteiger partial charge in [-0.2, -0.15) is 11.8 Å². The number of rotatable bonds is 3. The second-order valence-electron chi connectivity index (χ2n) is 5.50. The van der Waals surface area contributed by atoms with Gasteiger partial charge in [-0.25, -0.2) is 0 Å². The van der Waals surface area contributed by atoms with E-state index in [9.17, 15) is 9.59 Å². The summed E-state index contributed by atoms with van der Waals surface area (Å²) in [5.74, 6) is 1.81. The van der Waals surface area contributed by atoms with Crippen LogP contribution in [0.4, 0.5) is 0 Å². The maximum absolute atomic E-state index is 12.4. The van der Waals surface area contributed by atoms with E-state index < -0.39 is 0 Å². The fourth-order valence-electron chi connectivity index (χ4n) is 2.77. The number of likely N-dealkylation sites (tertiary alicyclic amines) is 1. The largest absolute Gasteiger partial charge is 0.369 e. The third kappa shape index (κ3) is 3.86. The SMILES string of the molecule is CC1CCC(C(N)=O)CN1C(=O)CC1CSCCN1. The van der Waals surface area contributed by atoms with E-state index in [1.54, 1.807) is 0 Å². The lowest BCUT2D eigenvalue weighted by Crippen LogP contribution is -2.50. The molecule has 2 amide bonds. The summed E-state index contributed by atoms with van der Waals surface area (Å²) in [6, 6.07) is 0.492. The molecule has 6 heteroatoms. The molecule has 0 aromatic heterocycles. The minimum atomic E-state index is -0.281. The van der Waals surface area contributed by atoms with Gasteiger partial charge >= 0.3 is 0 Å². The molecule has 3 unspecified atom stereocenters. The average molecular weight is 285 g/mol. The van der Waals surface area contributed by atoms with Crippen molar-refractivity contribution in [2.45, 2.75) is 38.3 Å². The van der Waals surface area contributed by atoms with Crippen LogP contribution in [0.5, 0.6) is 0 Å². The topological polar surface area (TPSA) is 75.4 Å². The van der Waals surface area contributed by atoms with Crippen LogP contribution >= 0.6 is 11.8 Å². The van der Waals surface area contributed by atoms with Crippen molar-refractivity contribution in [2.75, 3.05) is 24.6 Å². The van der Waals surface area contributed by atoms with E-state index in [0.717, 1.165) is 30.9 Å². The van der Waals surface area contributed by atoms with Gasteiger partial charge in [-0.15, -0.1) is 0 Å². The zero-order valence-electron chi connectivity index (χ0n) is 11.4. The normalized spacial score (nSPS) is 32.1. The van der Waals surface area contributed by atoms with Crippen molar-refractivity contribution >= 4 is 23.6 Å². The van der Waals surface area contributed by atoms with E-state index in [1.807, 2.05) is 16.7 Å². The van der Waals surface area contributed by atoms with Crippen molar-refractivity contribution in [3.05, 3.63) is 0 Å². The van der Waals surface area contributed by atoms with Crippen molar-refractivity contribution in [3.63, 3.8) is 0 Å². The molecule has 2 saturated heterocycles. The number of primary amides is 1. The zero-order valence-corrected chi connectivity index (χ0v) is 12.2. The van der Waals surface area contributed by atoms with E-state index in [2.05, 4.69) is 12.2 Å². The van der Waals surface area contributed by atoms with Crippen LogP contribution in [-0.4, -0.2) is 53.4 Å². The van der Waals surface area contributed by atoms with Gasteiger partial charge in [0.2, 0.25) is 11.8 Å². The molecule has 0 spiro atoms. The lowest BCUT2D eigenvalue weighted by molar-refractivity contribution is -0.138. The molecule has 2 aliphatic rings. The Labute approximate surface area is 118 Å². The fourth-order valence-corrected chi connectivity index (χ4v) is 3.71. The number of hydrogen-bond acceptors (Lipinski definition) is 4. The van der Waals surface area contributed by atoms with Gasteiger partial charge in [0.05, 0.1) is 5.92 Å². The first-order chi connectivity index (χ1) is 9.08. The quantitative estimate of drug-likeness (QED) is 0.776. The molecule has 0 aliphatic carbocycles. The highest BCUT2D eigenvalue weighted by Crippen LogP contribution is 2.23. The molecule has 0 aromatic carbocycles. The standard InChI is InChI=1S/C13H23N3O2S/c1-9-2-3-10(13(14)18)7-16(9)12(17)6-11-8-19-5-4-15-11/h9-11,15H,2-8H2,1H3,(H2,14,18). The smallest absolute Gasteiger partial charge is 0.224 e. The van der Waals surface area contributed by atoms with Crippen molar-refractivity contribution in [2.24, 2.45) is 11.7 Å². The molecule has 3 N–H and O–H groups in total. The Morgan fingerprint density at radius 1 is 1.42 bits per heavy atom. The molecule has 0 bridgehead atoms. The van der Waals surface area contributed by atoms with Crippen LogP contribution in [0.25, 0.3) is 0 Å². The summed E-state index contributed by atoms with van der Waals surface area (Å²) in [5, 5.41) is 3.38. The third-order valence-corrected chi connectivity index (χ3v) is 5.16. The summed E-state index contributed by atoms with van der Waals surface area (Å²) in [6.07, 6.45) is 2.20. The number of nitrogens with one attached hydrogen (secondary N) is 1. The molecule has 19 heavy (non-hydrogen) atoms. The number of piperidine rings is 1. The lowest BCUT2D eigenvalue weighted by atomic mass is 9.92. The van der Waals surface area contributed by atoms with Crippen LogP contribution in [0.2, 0.25) is 0 Å². The lowest BCUT2D eigenvalue weighted by Gasteiger charge is -2.38. The Kier molecular flexibility index (Phi) is 5.10. The van der Waals surface area contributed by atoms with E-state index in [-0.39, 0.29) is 29.8 Å². The van der Waals surface area contributed by atoms with Crippen LogP contribution in [0, 0.1) is 5.92 Å². The molecule has 2 heterocycles. The van der Waals surface area contributed by atoms with Gasteiger partial charge in [0.25, 0.3) is 0 Å². The molecule has 108 valence electrons. The number of nitrogens with two attached hydrogens (primary N) is 1. The van der Waals surface area contributed by atoms with Gasteiger partial charge in [0.1, 0.15) is 0 Å². The molecule has 2 rings (SSSR count). The first-order valence-electron chi connectivity index (χ1n) is 6.98. The van der Waals surface area contributed by atoms with Crippen molar-refractivity contribution < 1.29 is 9.59 Å². The number of thioether (sulfide) groups is 1. The number of hydrogen-bond donors (Lipinski definition) is 2. The number of amides is 2. The molecule has 3 atom stereocenters. The zero-order chi connectivity index (χ0) is 13.8. The number of carbonyl (C=O) groups is 2. The first kappa shape index (κ1) is 14.7. The summed E-state index contributed by atoms with van der Waals surface area (Å²) in [7, 11) is 0. The predicted octanol–water partition coefficient (Wildman–Crippen LogP) is 0.194. The van der Waals surface area contributed by atoms with Crippen molar-refractivity contribution in [3.8, 4) is 0 Å². The maximum Gasteiger partial charge on any atom is 0.224 e. The van der Waals surface area contributed by atoms with Crippen LogP contribution in [0.3, 0.4) is 0 Å². The summed E-state index contributed by atoms with van der Waals surface area (Å²) in [5.41, 5.74) is 5.37. The highest BCUT2D eigenvalue weighted by Gasteiger charge is 2.32. The van der Waals surface area contributed by atoms with Gasteiger partial charge in [0, 0.05) is 43.1 Å². The molecular weight excluding hydrogens is 262 g/mol. The Hall–Kier alpha value is -0.750. The van der Waals surface area contributed by atoms with Crippen LogP contribution < -0.4 is 11.1 Å². The molecule has 5 nitrogen and oxygen atoms in total. The minimum absolute atomic E-state index is 0.151. The predicted molar refractivity (Wildman–Crippen MR) is 76.8 cm³/mol. The van der Waals surface area contributed by atoms with E-state index >= 15 is 0 Å². The minimum Gasteiger partial charge on any atom is -0.369 e. The van der Waals surface area contributed by atoms with Gasteiger partial charge in [-0.3, -0.25) is 9.59 Å². The van der Waals surface area contributed by atoms with E-state index in [4.69, 9.17) is 5.73 Å². The van der Waals surface area contributed by atoms with Crippen LogP contribution in [-0.2, 0) is 9.59 Å². The van der Waals surface area contributed by atoms with Crippen LogP contribution in [0.1, 0.15) is 26.2 Å². The summed E-state index contributed by atoms with van der Waals surface area (Å²) >= 11 is 1.89. The Bertz CT molecular complexity index is 345.